The summed E-state index contributed by atoms with van der Waals surface area (Å²) in [7, 11) is 0. The number of hydrogen-bond acceptors (Lipinski definition) is 0. The Balaban J connectivity index is 1.02. The molecule has 430 valence electrons. The third-order valence-electron chi connectivity index (χ3n) is 21.8. The molecule has 0 aromatic heterocycles. The van der Waals surface area contributed by atoms with Gasteiger partial charge in [-0.3, -0.25) is 0 Å². The molecule has 0 heteroatoms. The Hall–Kier alpha value is -9.88. The molecular weight excluding hydrogens is 1080 g/mol. The van der Waals surface area contributed by atoms with E-state index in [9.17, 15) is 0 Å². The Morgan fingerprint density at radius 1 is 0.189 bits per heavy atom. The second-order valence-corrected chi connectivity index (χ2v) is 27.7. The molecule has 18 rings (SSSR count). The van der Waals surface area contributed by atoms with Crippen LogP contribution < -0.4 is 20.9 Å². The first kappa shape index (κ1) is 53.2. The number of aryl methyl sites for hydroxylation is 12. The normalized spacial score (nSPS) is 15.2. The molecule has 6 aliphatic rings. The second kappa shape index (κ2) is 18.8. The highest BCUT2D eigenvalue weighted by Gasteiger charge is 2.37. The third-order valence-corrected chi connectivity index (χ3v) is 21.8. The molecule has 0 saturated heterocycles. The van der Waals surface area contributed by atoms with Gasteiger partial charge in [-0.2, -0.15) is 0 Å². The average Bonchev–Trinajstić information content (AvgIpc) is 1.53. The van der Waals surface area contributed by atoms with Crippen LogP contribution in [-0.2, 0) is 0 Å². The van der Waals surface area contributed by atoms with Crippen LogP contribution in [0, 0.1) is 125 Å². The Morgan fingerprint density at radius 2 is 0.467 bits per heavy atom. The molecule has 0 heterocycles. The molecule has 0 bridgehead atoms. The summed E-state index contributed by atoms with van der Waals surface area (Å²) in [5.74, 6) is 0.193. The van der Waals surface area contributed by atoms with Gasteiger partial charge in [-0.15, -0.1) is 0 Å². The summed E-state index contributed by atoms with van der Waals surface area (Å²) in [6.45, 7) is 27.6. The SMILES string of the molecule is Cc1cc(C)c(C2=c3ccccc3=c3cc4c(cc32)=c2cc3c(cc2=C4C2=c4cc5c(cc4=c4cc6c(cc42)=c2ccccc2=C6c2c(C)cc(C)cc2C)C(c2c(C)cc(C)cc2C)c2ccccc2-5)-c2ccccc2C3c2c(C)cc(C)cc2C)c(C)c1. The zero-order valence-corrected chi connectivity index (χ0v) is 53.6. The van der Waals surface area contributed by atoms with Crippen molar-refractivity contribution >= 4 is 22.3 Å². The average molecular weight is 1150 g/mol. The zero-order valence-electron chi connectivity index (χ0n) is 53.6. The van der Waals surface area contributed by atoms with E-state index in [2.05, 4.69) is 277 Å². The van der Waals surface area contributed by atoms with E-state index >= 15 is 0 Å². The van der Waals surface area contributed by atoms with E-state index in [1.54, 1.807) is 0 Å². The summed E-state index contributed by atoms with van der Waals surface area (Å²) in [5, 5.41) is 15.8. The van der Waals surface area contributed by atoms with Crippen molar-refractivity contribution < 1.29 is 0 Å². The third kappa shape index (κ3) is 7.19. The van der Waals surface area contributed by atoms with Gasteiger partial charge in [0.25, 0.3) is 0 Å². The van der Waals surface area contributed by atoms with Crippen molar-refractivity contribution in [2.24, 2.45) is 0 Å². The van der Waals surface area contributed by atoms with Gasteiger partial charge >= 0.3 is 0 Å². The maximum atomic E-state index is 2.66. The van der Waals surface area contributed by atoms with Gasteiger partial charge in [0.2, 0.25) is 0 Å². The molecule has 90 heavy (non-hydrogen) atoms. The van der Waals surface area contributed by atoms with Crippen LogP contribution in [0.4, 0.5) is 0 Å². The molecule has 12 aromatic rings. The molecule has 0 amide bonds. The highest BCUT2D eigenvalue weighted by Crippen LogP contribution is 2.53. The minimum absolute atomic E-state index is 0.0964. The molecule has 0 nitrogen and oxygen atoms in total. The monoisotopic (exact) mass is 1150 g/mol. The fourth-order valence-corrected chi connectivity index (χ4v) is 18.9. The van der Waals surface area contributed by atoms with Crippen molar-refractivity contribution in [3.8, 4) is 22.3 Å². The minimum atomic E-state index is 0.0964. The van der Waals surface area contributed by atoms with Crippen molar-refractivity contribution in [3.05, 3.63) is 390 Å². The van der Waals surface area contributed by atoms with Gasteiger partial charge in [-0.25, -0.2) is 0 Å². The lowest BCUT2D eigenvalue weighted by Crippen LogP contribution is -2.15. The van der Waals surface area contributed by atoms with Crippen LogP contribution in [0.5, 0.6) is 0 Å². The summed E-state index contributed by atoms with van der Waals surface area (Å²) < 4.78 is 0. The van der Waals surface area contributed by atoms with E-state index < -0.39 is 0 Å². The smallest absolute Gasteiger partial charge is 0.0357 e. The quantitative estimate of drug-likeness (QED) is 0.161. The lowest BCUT2D eigenvalue weighted by Gasteiger charge is -2.20. The van der Waals surface area contributed by atoms with Crippen LogP contribution >= 0.6 is 0 Å². The summed E-state index contributed by atoms with van der Waals surface area (Å²) in [6.07, 6.45) is 0. The van der Waals surface area contributed by atoms with Crippen molar-refractivity contribution in [2.75, 3.05) is 0 Å². The molecule has 12 aromatic carbocycles. The van der Waals surface area contributed by atoms with E-state index in [0.29, 0.717) is 0 Å². The lowest BCUT2D eigenvalue weighted by atomic mass is 9.83. The zero-order chi connectivity index (χ0) is 61.2. The Bertz CT molecular complexity index is 5690. The van der Waals surface area contributed by atoms with Crippen LogP contribution in [-0.4, -0.2) is 0 Å². The Morgan fingerprint density at radius 3 is 0.822 bits per heavy atom. The van der Waals surface area contributed by atoms with Gasteiger partial charge in [0, 0.05) is 11.8 Å². The first-order valence-electron chi connectivity index (χ1n) is 32.5. The van der Waals surface area contributed by atoms with Gasteiger partial charge in [-0.1, -0.05) is 168 Å². The molecule has 0 N–H and O–H groups in total. The van der Waals surface area contributed by atoms with Crippen LogP contribution in [0.3, 0.4) is 0 Å². The minimum Gasteiger partial charge on any atom is -0.0619 e. The summed E-state index contributed by atoms with van der Waals surface area (Å²) >= 11 is 0. The number of hydrogen-bond donors (Lipinski definition) is 0. The molecule has 0 fully saturated rings. The molecule has 0 saturated carbocycles. The first-order valence-corrected chi connectivity index (χ1v) is 32.5. The van der Waals surface area contributed by atoms with Crippen molar-refractivity contribution in [1.29, 1.82) is 0 Å². The van der Waals surface area contributed by atoms with Crippen LogP contribution in [0.2, 0.25) is 0 Å². The number of benzene rings is 12. The van der Waals surface area contributed by atoms with Gasteiger partial charge in [-0.05, 0) is 350 Å². The van der Waals surface area contributed by atoms with Crippen molar-refractivity contribution in [1.82, 2.24) is 0 Å². The van der Waals surface area contributed by atoms with Gasteiger partial charge < -0.3 is 0 Å². The maximum absolute atomic E-state index is 2.66. The van der Waals surface area contributed by atoms with E-state index in [0.717, 1.165) is 0 Å². The van der Waals surface area contributed by atoms with Crippen LogP contribution in [0.25, 0.3) is 44.5 Å². The Kier molecular flexibility index (Phi) is 11.1. The number of fused-ring (bicyclic) bond motifs is 14. The maximum Gasteiger partial charge on any atom is 0.0357 e. The highest BCUT2D eigenvalue weighted by atomic mass is 14.4. The van der Waals surface area contributed by atoms with E-state index in [-0.39, 0.29) is 11.8 Å². The molecule has 0 spiro atoms. The van der Waals surface area contributed by atoms with E-state index in [1.807, 2.05) is 0 Å². The van der Waals surface area contributed by atoms with Gasteiger partial charge in [0.15, 0.2) is 0 Å². The van der Waals surface area contributed by atoms with Crippen LogP contribution in [0.1, 0.15) is 145 Å². The molecule has 2 atom stereocenters. The second-order valence-electron chi connectivity index (χ2n) is 27.7. The molecule has 2 unspecified atom stereocenters. The van der Waals surface area contributed by atoms with E-state index in [4.69, 9.17) is 0 Å². The van der Waals surface area contributed by atoms with Crippen molar-refractivity contribution in [3.63, 3.8) is 0 Å². The van der Waals surface area contributed by atoms with Crippen molar-refractivity contribution in [2.45, 2.75) is 94.9 Å². The summed E-state index contributed by atoms with van der Waals surface area (Å²) in [4.78, 5) is 0. The standard InChI is InChI=1S/C90H70/c1-45-29-49(5)81(50(6)30-45)85-61-25-17-13-21-57(61)65-37-77-69(41-73(65)85)70-42-74-66(58-22-14-18-26-62(58)86(74)82-51(7)31-46(2)32-52(82)8)38-78(70)89(77)90-79-39-67-59-23-15-19-27-63(59)87(83-53(9)33-47(3)34-54(83)10)75(67)43-71(79)72-44-76-68(40-80(72)90)60-24-16-20-28-64(60)88(76)84-55(11)35-48(4)36-56(84)12/h13-44,85,87H,1-12H3. The molecule has 0 radical (unpaired) electrons. The predicted molar refractivity (Wildman–Crippen MR) is 371 cm³/mol. The van der Waals surface area contributed by atoms with E-state index in [1.165, 1.54) is 241 Å². The predicted octanol–water partition coefficient (Wildman–Crippen LogP) is 17.7. The molecular formula is C90H70. The lowest BCUT2D eigenvalue weighted by molar-refractivity contribution is 0.973. The highest BCUT2D eigenvalue weighted by molar-refractivity contribution is 6.08. The Labute approximate surface area is 526 Å². The summed E-state index contributed by atoms with van der Waals surface area (Å²) in [5.41, 5.74) is 43.0. The van der Waals surface area contributed by atoms with Gasteiger partial charge in [0.1, 0.15) is 0 Å². The molecule has 0 aliphatic heterocycles. The topological polar surface area (TPSA) is 0 Å². The number of rotatable bonds is 5. The van der Waals surface area contributed by atoms with Gasteiger partial charge in [0.05, 0.1) is 0 Å². The fraction of sp³-hybridized carbons (Fsp3) is 0.156. The molecule has 6 aliphatic carbocycles. The summed E-state index contributed by atoms with van der Waals surface area (Å²) in [6, 6.07) is 77.4. The fourth-order valence-electron chi connectivity index (χ4n) is 18.9. The largest absolute Gasteiger partial charge is 0.0619 e. The van der Waals surface area contributed by atoms with Crippen LogP contribution in [0.15, 0.2) is 194 Å². The first-order chi connectivity index (χ1) is 43.6.